The van der Waals surface area contributed by atoms with E-state index in [1.165, 1.54) is 11.6 Å². The second-order valence-corrected chi connectivity index (χ2v) is 4.79. The average Bonchev–Trinajstić information content (AvgIpc) is 2.49. The van der Waals surface area contributed by atoms with Crippen LogP contribution in [-0.2, 0) is 6.42 Å². The first-order valence-corrected chi connectivity index (χ1v) is 6.87. The highest BCUT2D eigenvalue weighted by Gasteiger charge is 2.11. The van der Waals surface area contributed by atoms with E-state index in [0.29, 0.717) is 11.4 Å². The van der Waals surface area contributed by atoms with Crippen LogP contribution < -0.4 is 10.1 Å². The SMILES string of the molecule is CCC(Cc1ccccc1)Nc1cc(OC)ccc1F. The van der Waals surface area contributed by atoms with Gasteiger partial charge in [-0.15, -0.1) is 0 Å². The molecule has 2 nitrogen and oxygen atoms in total. The maximum absolute atomic E-state index is 13.8. The number of anilines is 1. The molecule has 1 atom stereocenters. The Bertz CT molecular complexity index is 542. The summed E-state index contributed by atoms with van der Waals surface area (Å²) < 4.78 is 19.0. The van der Waals surface area contributed by atoms with E-state index >= 15 is 0 Å². The van der Waals surface area contributed by atoms with Crippen molar-refractivity contribution in [1.29, 1.82) is 0 Å². The van der Waals surface area contributed by atoms with E-state index in [1.54, 1.807) is 19.2 Å². The summed E-state index contributed by atoms with van der Waals surface area (Å²) in [5.74, 6) is 0.403. The summed E-state index contributed by atoms with van der Waals surface area (Å²) in [4.78, 5) is 0. The van der Waals surface area contributed by atoms with Gasteiger partial charge < -0.3 is 10.1 Å². The minimum atomic E-state index is -0.252. The molecule has 0 saturated heterocycles. The highest BCUT2D eigenvalue weighted by atomic mass is 19.1. The van der Waals surface area contributed by atoms with Crippen LogP contribution in [0.15, 0.2) is 48.5 Å². The van der Waals surface area contributed by atoms with Gasteiger partial charge in [-0.2, -0.15) is 0 Å². The van der Waals surface area contributed by atoms with Gasteiger partial charge in [0.05, 0.1) is 12.8 Å². The van der Waals surface area contributed by atoms with Crippen molar-refractivity contribution in [2.45, 2.75) is 25.8 Å². The van der Waals surface area contributed by atoms with E-state index in [1.807, 2.05) is 18.2 Å². The smallest absolute Gasteiger partial charge is 0.146 e. The molecule has 106 valence electrons. The van der Waals surface area contributed by atoms with Gasteiger partial charge in [-0.3, -0.25) is 0 Å². The highest BCUT2D eigenvalue weighted by molar-refractivity contribution is 5.50. The summed E-state index contributed by atoms with van der Waals surface area (Å²) in [6.07, 6.45) is 1.79. The van der Waals surface area contributed by atoms with Crippen LogP contribution in [-0.4, -0.2) is 13.2 Å². The first kappa shape index (κ1) is 14.4. The third-order valence-electron chi connectivity index (χ3n) is 3.35. The van der Waals surface area contributed by atoms with Gasteiger partial charge in [0, 0.05) is 12.1 Å². The first-order valence-electron chi connectivity index (χ1n) is 6.87. The largest absolute Gasteiger partial charge is 0.497 e. The van der Waals surface area contributed by atoms with Crippen LogP contribution in [0.5, 0.6) is 5.75 Å². The lowest BCUT2D eigenvalue weighted by molar-refractivity contribution is 0.414. The van der Waals surface area contributed by atoms with E-state index in [9.17, 15) is 4.39 Å². The first-order chi connectivity index (χ1) is 9.72. The normalized spacial score (nSPS) is 11.9. The zero-order valence-electron chi connectivity index (χ0n) is 11.9. The second kappa shape index (κ2) is 6.94. The van der Waals surface area contributed by atoms with Gasteiger partial charge in [-0.1, -0.05) is 37.3 Å². The summed E-state index contributed by atoms with van der Waals surface area (Å²) in [6, 6.07) is 15.2. The van der Waals surface area contributed by atoms with Gasteiger partial charge in [0.2, 0.25) is 0 Å². The van der Waals surface area contributed by atoms with Crippen molar-refractivity contribution >= 4 is 5.69 Å². The zero-order valence-corrected chi connectivity index (χ0v) is 11.9. The maximum atomic E-state index is 13.8. The molecule has 0 aliphatic rings. The maximum Gasteiger partial charge on any atom is 0.146 e. The van der Waals surface area contributed by atoms with Crippen molar-refractivity contribution in [1.82, 2.24) is 0 Å². The molecule has 0 saturated carbocycles. The fourth-order valence-electron chi connectivity index (χ4n) is 2.16. The number of hydrogen-bond acceptors (Lipinski definition) is 2. The molecule has 0 radical (unpaired) electrons. The lowest BCUT2D eigenvalue weighted by Gasteiger charge is -2.19. The van der Waals surface area contributed by atoms with Crippen molar-refractivity contribution in [3.63, 3.8) is 0 Å². The van der Waals surface area contributed by atoms with Gasteiger partial charge in [0.25, 0.3) is 0 Å². The van der Waals surface area contributed by atoms with Gasteiger partial charge in [-0.05, 0) is 30.5 Å². The Kier molecular flexibility index (Phi) is 4.99. The Morgan fingerprint density at radius 2 is 1.90 bits per heavy atom. The lowest BCUT2D eigenvalue weighted by atomic mass is 10.0. The van der Waals surface area contributed by atoms with Crippen LogP contribution in [0.4, 0.5) is 10.1 Å². The molecule has 1 unspecified atom stereocenters. The Balaban J connectivity index is 2.10. The van der Waals surface area contributed by atoms with Crippen molar-refractivity contribution in [2.75, 3.05) is 12.4 Å². The predicted molar refractivity (Wildman–Crippen MR) is 80.8 cm³/mol. The molecule has 0 aromatic heterocycles. The van der Waals surface area contributed by atoms with E-state index < -0.39 is 0 Å². The second-order valence-electron chi connectivity index (χ2n) is 4.79. The minimum Gasteiger partial charge on any atom is -0.497 e. The van der Waals surface area contributed by atoms with Crippen LogP contribution >= 0.6 is 0 Å². The predicted octanol–water partition coefficient (Wildman–Crippen LogP) is 4.27. The molecule has 0 bridgehead atoms. The molecule has 3 heteroatoms. The third-order valence-corrected chi connectivity index (χ3v) is 3.35. The molecule has 20 heavy (non-hydrogen) atoms. The summed E-state index contributed by atoms with van der Waals surface area (Å²) in [5.41, 5.74) is 1.74. The number of ether oxygens (including phenoxy) is 1. The fraction of sp³-hybridized carbons (Fsp3) is 0.294. The molecule has 2 rings (SSSR count). The molecule has 0 aliphatic carbocycles. The van der Waals surface area contributed by atoms with E-state index in [0.717, 1.165) is 12.8 Å². The summed E-state index contributed by atoms with van der Waals surface area (Å²) in [5, 5.41) is 3.27. The topological polar surface area (TPSA) is 21.3 Å². The molecule has 0 amide bonds. The van der Waals surface area contributed by atoms with Crippen LogP contribution in [0.3, 0.4) is 0 Å². The number of benzene rings is 2. The van der Waals surface area contributed by atoms with Crippen molar-refractivity contribution in [2.24, 2.45) is 0 Å². The number of methoxy groups -OCH3 is 1. The summed E-state index contributed by atoms with van der Waals surface area (Å²) in [7, 11) is 1.58. The highest BCUT2D eigenvalue weighted by Crippen LogP contribution is 2.23. The molecule has 2 aromatic carbocycles. The standard InChI is InChI=1S/C17H20FNO/c1-3-14(11-13-7-5-4-6-8-13)19-17-12-15(20-2)9-10-16(17)18/h4-10,12,14,19H,3,11H2,1-2H3. The number of rotatable bonds is 6. The van der Waals surface area contributed by atoms with Gasteiger partial charge >= 0.3 is 0 Å². The molecule has 0 fully saturated rings. The van der Waals surface area contributed by atoms with E-state index in [2.05, 4.69) is 24.4 Å². The molecule has 1 N–H and O–H groups in total. The molecule has 0 heterocycles. The van der Waals surface area contributed by atoms with Gasteiger partial charge in [0.1, 0.15) is 11.6 Å². The zero-order chi connectivity index (χ0) is 14.4. The molecular weight excluding hydrogens is 253 g/mol. The van der Waals surface area contributed by atoms with Crippen LogP contribution in [0.1, 0.15) is 18.9 Å². The van der Waals surface area contributed by atoms with Crippen molar-refractivity contribution < 1.29 is 9.13 Å². The van der Waals surface area contributed by atoms with Crippen molar-refractivity contribution in [3.05, 3.63) is 59.9 Å². The molecule has 0 aliphatic heterocycles. The van der Waals surface area contributed by atoms with Crippen LogP contribution in [0.25, 0.3) is 0 Å². The van der Waals surface area contributed by atoms with E-state index in [4.69, 9.17) is 4.74 Å². The van der Waals surface area contributed by atoms with Crippen LogP contribution in [0, 0.1) is 5.82 Å². The summed E-state index contributed by atoms with van der Waals surface area (Å²) >= 11 is 0. The lowest BCUT2D eigenvalue weighted by Crippen LogP contribution is -2.22. The number of hydrogen-bond donors (Lipinski definition) is 1. The molecule has 0 spiro atoms. The molecular formula is C17H20FNO. The third kappa shape index (κ3) is 3.73. The average molecular weight is 273 g/mol. The monoisotopic (exact) mass is 273 g/mol. The Labute approximate surface area is 119 Å². The Morgan fingerprint density at radius 3 is 2.55 bits per heavy atom. The fourth-order valence-corrected chi connectivity index (χ4v) is 2.16. The van der Waals surface area contributed by atoms with Gasteiger partial charge in [0.15, 0.2) is 0 Å². The quantitative estimate of drug-likeness (QED) is 0.848. The number of nitrogens with one attached hydrogen (secondary N) is 1. The number of halogens is 1. The Hall–Kier alpha value is -2.03. The van der Waals surface area contributed by atoms with Crippen LogP contribution in [0.2, 0.25) is 0 Å². The van der Waals surface area contributed by atoms with Crippen molar-refractivity contribution in [3.8, 4) is 5.75 Å². The van der Waals surface area contributed by atoms with Gasteiger partial charge in [-0.25, -0.2) is 4.39 Å². The molecule has 2 aromatic rings. The Morgan fingerprint density at radius 1 is 1.15 bits per heavy atom. The van der Waals surface area contributed by atoms with E-state index in [-0.39, 0.29) is 11.9 Å². The summed E-state index contributed by atoms with van der Waals surface area (Å²) in [6.45, 7) is 2.10. The minimum absolute atomic E-state index is 0.194.